The second kappa shape index (κ2) is 6.75. The smallest absolute Gasteiger partial charge is 0.311 e. The third kappa shape index (κ3) is 3.21. The Bertz CT molecular complexity index is 391. The van der Waals surface area contributed by atoms with E-state index in [0.29, 0.717) is 13.2 Å². The van der Waals surface area contributed by atoms with E-state index < -0.39 is 17.3 Å². The van der Waals surface area contributed by atoms with Crippen molar-refractivity contribution < 1.29 is 19.4 Å². The molecule has 1 aliphatic heterocycles. The Morgan fingerprint density at radius 2 is 1.86 bits per heavy atom. The molecule has 1 aliphatic carbocycles. The van der Waals surface area contributed by atoms with E-state index in [9.17, 15) is 14.7 Å². The molecule has 0 bridgehead atoms. The quantitative estimate of drug-likeness (QED) is 0.750. The zero-order valence-electron chi connectivity index (χ0n) is 12.7. The van der Waals surface area contributed by atoms with Gasteiger partial charge in [-0.2, -0.15) is 0 Å². The van der Waals surface area contributed by atoms with Crippen LogP contribution < -0.4 is 5.73 Å². The molecule has 6 heteroatoms. The molecule has 0 radical (unpaired) electrons. The van der Waals surface area contributed by atoms with Crippen molar-refractivity contribution in [3.63, 3.8) is 0 Å². The van der Waals surface area contributed by atoms with Crippen molar-refractivity contribution in [2.75, 3.05) is 26.8 Å². The van der Waals surface area contributed by atoms with Crippen LogP contribution in [0.3, 0.4) is 0 Å². The largest absolute Gasteiger partial charge is 0.481 e. The van der Waals surface area contributed by atoms with Gasteiger partial charge in [-0.25, -0.2) is 0 Å². The van der Waals surface area contributed by atoms with Crippen molar-refractivity contribution in [1.82, 2.24) is 4.90 Å². The van der Waals surface area contributed by atoms with Crippen LogP contribution in [0.2, 0.25) is 0 Å². The number of carboxylic acids is 1. The summed E-state index contributed by atoms with van der Waals surface area (Å²) in [5.41, 5.74) is 5.43. The van der Waals surface area contributed by atoms with Gasteiger partial charge in [0.05, 0.1) is 24.7 Å². The summed E-state index contributed by atoms with van der Waals surface area (Å²) < 4.78 is 5.27. The molecule has 0 aromatic rings. The third-order valence-corrected chi connectivity index (χ3v) is 5.09. The fraction of sp³-hybridized carbons (Fsp3) is 0.867. The second-order valence-electron chi connectivity index (χ2n) is 6.36. The molecule has 0 spiro atoms. The minimum absolute atomic E-state index is 0.00588. The molecular weight excluding hydrogens is 272 g/mol. The van der Waals surface area contributed by atoms with E-state index in [2.05, 4.69) is 0 Å². The van der Waals surface area contributed by atoms with Crippen LogP contribution in [0.5, 0.6) is 0 Å². The first-order valence-electron chi connectivity index (χ1n) is 7.80. The third-order valence-electron chi connectivity index (χ3n) is 5.09. The Labute approximate surface area is 125 Å². The number of carboxylic acid groups (broad SMARTS) is 1. The first-order valence-corrected chi connectivity index (χ1v) is 7.80. The van der Waals surface area contributed by atoms with Gasteiger partial charge in [0.1, 0.15) is 5.92 Å². The summed E-state index contributed by atoms with van der Waals surface area (Å²) in [5.74, 6) is -1.55. The van der Waals surface area contributed by atoms with E-state index in [1.54, 1.807) is 11.9 Å². The summed E-state index contributed by atoms with van der Waals surface area (Å²) in [6, 6.07) is -0.387. The maximum Gasteiger partial charge on any atom is 0.311 e. The molecule has 120 valence electrons. The number of ether oxygens (including phenoxy) is 1. The van der Waals surface area contributed by atoms with Crippen molar-refractivity contribution >= 4 is 11.9 Å². The van der Waals surface area contributed by atoms with Crippen LogP contribution in [-0.4, -0.2) is 54.7 Å². The lowest BCUT2D eigenvalue weighted by Gasteiger charge is -2.37. The van der Waals surface area contributed by atoms with E-state index in [1.807, 2.05) is 0 Å². The Balaban J connectivity index is 2.14. The van der Waals surface area contributed by atoms with E-state index >= 15 is 0 Å². The summed E-state index contributed by atoms with van der Waals surface area (Å²) >= 11 is 0. The summed E-state index contributed by atoms with van der Waals surface area (Å²) in [7, 11) is 1.69. The number of nitrogens with zero attached hydrogens (tertiary/aromatic N) is 1. The van der Waals surface area contributed by atoms with Crippen molar-refractivity contribution in [2.24, 2.45) is 17.1 Å². The average Bonchev–Trinajstić information content (AvgIpc) is 2.84. The van der Waals surface area contributed by atoms with Crippen molar-refractivity contribution in [3.8, 4) is 0 Å². The first-order chi connectivity index (χ1) is 10.0. The van der Waals surface area contributed by atoms with Gasteiger partial charge in [-0.3, -0.25) is 9.59 Å². The minimum Gasteiger partial charge on any atom is -0.481 e. The van der Waals surface area contributed by atoms with Gasteiger partial charge < -0.3 is 20.5 Å². The van der Waals surface area contributed by atoms with Gasteiger partial charge in [0.2, 0.25) is 5.91 Å². The molecule has 1 saturated carbocycles. The maximum atomic E-state index is 13.0. The van der Waals surface area contributed by atoms with Gasteiger partial charge in [-0.05, 0) is 12.8 Å². The molecule has 1 heterocycles. The van der Waals surface area contributed by atoms with Gasteiger partial charge in [0, 0.05) is 13.6 Å². The number of rotatable bonds is 4. The summed E-state index contributed by atoms with van der Waals surface area (Å²) in [6.07, 6.45) is 5.92. The number of hydrogen-bond donors (Lipinski definition) is 2. The number of aliphatic carboxylic acids is 1. The van der Waals surface area contributed by atoms with Crippen molar-refractivity contribution in [1.29, 1.82) is 0 Å². The minimum atomic E-state index is -0.903. The lowest BCUT2D eigenvalue weighted by molar-refractivity contribution is -0.148. The van der Waals surface area contributed by atoms with Crippen LogP contribution >= 0.6 is 0 Å². The molecule has 2 fully saturated rings. The van der Waals surface area contributed by atoms with Crippen LogP contribution in [0.15, 0.2) is 0 Å². The van der Waals surface area contributed by atoms with E-state index in [4.69, 9.17) is 10.5 Å². The highest BCUT2D eigenvalue weighted by atomic mass is 16.5. The van der Waals surface area contributed by atoms with E-state index in [0.717, 1.165) is 38.5 Å². The Kier molecular flexibility index (Phi) is 5.22. The Hall–Kier alpha value is -1.14. The molecule has 0 aromatic heterocycles. The topological polar surface area (TPSA) is 92.9 Å². The lowest BCUT2D eigenvalue weighted by Crippen LogP contribution is -2.52. The molecular formula is C15H26N2O4. The zero-order valence-corrected chi connectivity index (χ0v) is 12.7. The second-order valence-corrected chi connectivity index (χ2v) is 6.36. The van der Waals surface area contributed by atoms with Crippen molar-refractivity contribution in [2.45, 2.75) is 44.6 Å². The highest BCUT2D eigenvalue weighted by Gasteiger charge is 2.45. The van der Waals surface area contributed by atoms with Gasteiger partial charge in [0.15, 0.2) is 0 Å². The number of carbonyl (C=O) groups is 2. The SMILES string of the molecule is CN(C(=O)C1(CN)CCCCCC1)C1COCC1C(=O)O. The maximum absolute atomic E-state index is 13.0. The molecule has 1 saturated heterocycles. The van der Waals surface area contributed by atoms with Gasteiger partial charge >= 0.3 is 5.97 Å². The van der Waals surface area contributed by atoms with Crippen LogP contribution in [0.4, 0.5) is 0 Å². The molecule has 2 rings (SSSR count). The van der Waals surface area contributed by atoms with Crippen LogP contribution in [0, 0.1) is 11.3 Å². The van der Waals surface area contributed by atoms with E-state index in [-0.39, 0.29) is 18.6 Å². The number of hydrogen-bond acceptors (Lipinski definition) is 4. The van der Waals surface area contributed by atoms with Gasteiger partial charge in [0.25, 0.3) is 0 Å². The standard InChI is InChI=1S/C15H26N2O4/c1-17(12-9-21-8-11(12)13(18)19)14(20)15(10-16)6-4-2-3-5-7-15/h11-12H,2-10,16H2,1H3,(H,18,19). The average molecular weight is 298 g/mol. The number of likely N-dealkylation sites (N-methyl/N-ethyl adjacent to an activating group) is 1. The molecule has 1 amide bonds. The predicted molar refractivity (Wildman–Crippen MR) is 77.7 cm³/mol. The lowest BCUT2D eigenvalue weighted by atomic mass is 9.78. The number of nitrogens with two attached hydrogens (primary N) is 1. The monoisotopic (exact) mass is 298 g/mol. The van der Waals surface area contributed by atoms with E-state index in [1.165, 1.54) is 0 Å². The van der Waals surface area contributed by atoms with Gasteiger partial charge in [-0.1, -0.05) is 25.7 Å². The highest BCUT2D eigenvalue weighted by molar-refractivity contribution is 5.84. The number of amides is 1. The Morgan fingerprint density at radius 1 is 1.24 bits per heavy atom. The Morgan fingerprint density at radius 3 is 2.38 bits per heavy atom. The molecule has 2 unspecified atom stereocenters. The first kappa shape index (κ1) is 16.2. The summed E-state index contributed by atoms with van der Waals surface area (Å²) in [6.45, 7) is 0.800. The fourth-order valence-electron chi connectivity index (χ4n) is 3.60. The van der Waals surface area contributed by atoms with Crippen LogP contribution in [0.25, 0.3) is 0 Å². The van der Waals surface area contributed by atoms with Crippen LogP contribution in [0.1, 0.15) is 38.5 Å². The summed E-state index contributed by atoms with van der Waals surface area (Å²) in [5, 5.41) is 9.25. The molecule has 6 nitrogen and oxygen atoms in total. The van der Waals surface area contributed by atoms with Crippen LogP contribution in [-0.2, 0) is 14.3 Å². The fourth-order valence-corrected chi connectivity index (χ4v) is 3.60. The molecule has 3 N–H and O–H groups in total. The molecule has 21 heavy (non-hydrogen) atoms. The summed E-state index contributed by atoms with van der Waals surface area (Å²) in [4.78, 5) is 25.8. The van der Waals surface area contributed by atoms with Gasteiger partial charge in [-0.15, -0.1) is 0 Å². The molecule has 0 aromatic carbocycles. The number of carbonyl (C=O) groups excluding carboxylic acids is 1. The predicted octanol–water partition coefficient (Wildman–Crippen LogP) is 0.844. The highest BCUT2D eigenvalue weighted by Crippen LogP contribution is 2.37. The normalized spacial score (nSPS) is 28.9. The zero-order chi connectivity index (χ0) is 15.5. The molecule has 2 aliphatic rings. The molecule has 2 atom stereocenters. The van der Waals surface area contributed by atoms with Crippen molar-refractivity contribution in [3.05, 3.63) is 0 Å².